The third kappa shape index (κ3) is 3.31. The van der Waals surface area contributed by atoms with Gasteiger partial charge in [0.15, 0.2) is 0 Å². The van der Waals surface area contributed by atoms with Gasteiger partial charge in [-0.1, -0.05) is 24.4 Å². The van der Waals surface area contributed by atoms with Crippen molar-refractivity contribution in [3.05, 3.63) is 53.9 Å². The molecule has 1 aromatic heterocycles. The van der Waals surface area contributed by atoms with Crippen molar-refractivity contribution in [2.24, 2.45) is 5.73 Å². The number of anilines is 1. The summed E-state index contributed by atoms with van der Waals surface area (Å²) >= 11 is 4.84. The molecule has 3 N–H and O–H groups in total. The minimum Gasteiger partial charge on any atom is -0.389 e. The van der Waals surface area contributed by atoms with Crippen molar-refractivity contribution in [2.75, 3.05) is 4.72 Å². The molecule has 0 unspecified atom stereocenters. The number of nitrogens with one attached hydrogen (secondary N) is 1. The maximum absolute atomic E-state index is 12.3. The summed E-state index contributed by atoms with van der Waals surface area (Å²) in [6.07, 6.45) is 3.09. The molecule has 0 spiro atoms. The SMILES string of the molecule is Cc1cncc(NS(=O)(=O)c2cccc(C(N)=S)c2)c1. The maximum atomic E-state index is 12.3. The zero-order valence-electron chi connectivity index (χ0n) is 10.7. The first-order valence-electron chi connectivity index (χ1n) is 5.73. The molecule has 20 heavy (non-hydrogen) atoms. The fourth-order valence-corrected chi connectivity index (χ4v) is 2.85. The standard InChI is InChI=1S/C13H13N3O2S2/c1-9-5-11(8-15-7-9)16-20(17,18)12-4-2-3-10(6-12)13(14)19/h2-8,16H,1H3,(H2,14,19). The van der Waals surface area contributed by atoms with Crippen LogP contribution in [-0.2, 0) is 10.0 Å². The molecule has 1 heterocycles. The monoisotopic (exact) mass is 307 g/mol. The Morgan fingerprint density at radius 2 is 2.05 bits per heavy atom. The van der Waals surface area contributed by atoms with Gasteiger partial charge in [0, 0.05) is 11.8 Å². The normalized spacial score (nSPS) is 11.1. The predicted octanol–water partition coefficient (Wildman–Crippen LogP) is 1.83. The van der Waals surface area contributed by atoms with Crippen LogP contribution in [0.3, 0.4) is 0 Å². The van der Waals surface area contributed by atoms with Crippen LogP contribution >= 0.6 is 12.2 Å². The molecule has 0 aliphatic heterocycles. The molecule has 104 valence electrons. The number of nitrogens with zero attached hydrogens (tertiary/aromatic N) is 1. The highest BCUT2D eigenvalue weighted by Gasteiger charge is 2.15. The van der Waals surface area contributed by atoms with Gasteiger partial charge in [-0.15, -0.1) is 0 Å². The van der Waals surface area contributed by atoms with Crippen molar-refractivity contribution in [3.8, 4) is 0 Å². The Kier molecular flexibility index (Phi) is 4.01. The van der Waals surface area contributed by atoms with Gasteiger partial charge in [0.1, 0.15) is 4.99 Å². The van der Waals surface area contributed by atoms with Gasteiger partial charge in [0.05, 0.1) is 16.8 Å². The van der Waals surface area contributed by atoms with Gasteiger partial charge in [-0.3, -0.25) is 9.71 Å². The molecule has 0 saturated heterocycles. The highest BCUT2D eigenvalue weighted by molar-refractivity contribution is 7.92. The summed E-state index contributed by atoms with van der Waals surface area (Å²) in [6, 6.07) is 7.87. The molecule has 0 saturated carbocycles. The zero-order valence-corrected chi connectivity index (χ0v) is 12.3. The zero-order chi connectivity index (χ0) is 14.8. The molecule has 0 fully saturated rings. The predicted molar refractivity (Wildman–Crippen MR) is 82.1 cm³/mol. The van der Waals surface area contributed by atoms with Crippen molar-refractivity contribution in [1.29, 1.82) is 0 Å². The number of rotatable bonds is 4. The van der Waals surface area contributed by atoms with E-state index in [9.17, 15) is 8.42 Å². The smallest absolute Gasteiger partial charge is 0.261 e. The number of aromatic nitrogens is 1. The first-order valence-corrected chi connectivity index (χ1v) is 7.62. The summed E-state index contributed by atoms with van der Waals surface area (Å²) in [5.41, 5.74) is 7.28. The van der Waals surface area contributed by atoms with Gasteiger partial charge in [0.25, 0.3) is 10.0 Å². The lowest BCUT2D eigenvalue weighted by Crippen LogP contribution is -2.15. The Labute approximate surface area is 122 Å². The minimum atomic E-state index is -3.69. The lowest BCUT2D eigenvalue weighted by atomic mass is 10.2. The Bertz CT molecular complexity index is 758. The van der Waals surface area contributed by atoms with Gasteiger partial charge in [-0.25, -0.2) is 8.42 Å². The second-order valence-corrected chi connectivity index (χ2v) is 6.37. The molecule has 0 radical (unpaired) electrons. The summed E-state index contributed by atoms with van der Waals surface area (Å²) in [5, 5.41) is 0. The number of aryl methyl sites for hydroxylation is 1. The first kappa shape index (κ1) is 14.4. The van der Waals surface area contributed by atoms with Crippen LogP contribution in [-0.4, -0.2) is 18.4 Å². The van der Waals surface area contributed by atoms with Gasteiger partial charge in [0.2, 0.25) is 0 Å². The van der Waals surface area contributed by atoms with Crippen LogP contribution in [0.25, 0.3) is 0 Å². The number of pyridine rings is 1. The highest BCUT2D eigenvalue weighted by Crippen LogP contribution is 2.17. The van der Waals surface area contributed by atoms with Crippen LogP contribution in [0.4, 0.5) is 5.69 Å². The van der Waals surface area contributed by atoms with Crippen molar-refractivity contribution < 1.29 is 8.42 Å². The van der Waals surface area contributed by atoms with E-state index >= 15 is 0 Å². The molecule has 2 aromatic rings. The van der Waals surface area contributed by atoms with E-state index in [2.05, 4.69) is 9.71 Å². The quantitative estimate of drug-likeness (QED) is 0.842. The Hall–Kier alpha value is -1.99. The topological polar surface area (TPSA) is 85.1 Å². The molecule has 0 aliphatic carbocycles. The molecule has 0 amide bonds. The van der Waals surface area contributed by atoms with E-state index in [0.717, 1.165) is 5.56 Å². The Morgan fingerprint density at radius 1 is 1.30 bits per heavy atom. The first-order chi connectivity index (χ1) is 9.38. The lowest BCUT2D eigenvalue weighted by Gasteiger charge is -2.09. The fourth-order valence-electron chi connectivity index (χ4n) is 1.64. The van der Waals surface area contributed by atoms with E-state index in [4.69, 9.17) is 18.0 Å². The number of thiocarbonyl (C=S) groups is 1. The highest BCUT2D eigenvalue weighted by atomic mass is 32.2. The molecular weight excluding hydrogens is 294 g/mol. The molecule has 1 aromatic carbocycles. The van der Waals surface area contributed by atoms with Crippen molar-refractivity contribution in [2.45, 2.75) is 11.8 Å². The summed E-state index contributed by atoms with van der Waals surface area (Å²) < 4.78 is 27.0. The van der Waals surface area contributed by atoms with E-state index in [1.54, 1.807) is 24.4 Å². The summed E-state index contributed by atoms with van der Waals surface area (Å²) in [4.78, 5) is 4.19. The second kappa shape index (κ2) is 5.56. The minimum absolute atomic E-state index is 0.101. The Morgan fingerprint density at radius 3 is 2.70 bits per heavy atom. The molecule has 7 heteroatoms. The Balaban J connectivity index is 2.35. The van der Waals surface area contributed by atoms with Crippen LogP contribution in [0.5, 0.6) is 0 Å². The lowest BCUT2D eigenvalue weighted by molar-refractivity contribution is 0.601. The maximum Gasteiger partial charge on any atom is 0.261 e. The fraction of sp³-hybridized carbons (Fsp3) is 0.0769. The van der Waals surface area contributed by atoms with Gasteiger partial charge in [-0.2, -0.15) is 0 Å². The number of hydrogen-bond acceptors (Lipinski definition) is 4. The van der Waals surface area contributed by atoms with Gasteiger partial charge < -0.3 is 5.73 Å². The van der Waals surface area contributed by atoms with Crippen LogP contribution in [0.1, 0.15) is 11.1 Å². The molecule has 0 aliphatic rings. The number of hydrogen-bond donors (Lipinski definition) is 2. The van der Waals surface area contributed by atoms with Crippen LogP contribution in [0, 0.1) is 6.92 Å². The van der Waals surface area contributed by atoms with Crippen molar-refractivity contribution in [1.82, 2.24) is 4.98 Å². The molecule has 0 bridgehead atoms. The van der Waals surface area contributed by atoms with Crippen molar-refractivity contribution >= 4 is 32.9 Å². The van der Waals surface area contributed by atoms with E-state index < -0.39 is 10.0 Å². The van der Waals surface area contributed by atoms with Gasteiger partial charge in [-0.05, 0) is 30.7 Å². The number of benzene rings is 1. The van der Waals surface area contributed by atoms with Crippen LogP contribution < -0.4 is 10.5 Å². The molecular formula is C13H13N3O2S2. The van der Waals surface area contributed by atoms with E-state index in [1.807, 2.05) is 6.92 Å². The molecule has 5 nitrogen and oxygen atoms in total. The number of nitrogens with two attached hydrogens (primary N) is 1. The van der Waals surface area contributed by atoms with E-state index in [1.165, 1.54) is 18.3 Å². The summed E-state index contributed by atoms with van der Waals surface area (Å²) in [7, 11) is -3.69. The second-order valence-electron chi connectivity index (χ2n) is 4.25. The van der Waals surface area contributed by atoms with Crippen molar-refractivity contribution in [3.63, 3.8) is 0 Å². The van der Waals surface area contributed by atoms with Crippen LogP contribution in [0.2, 0.25) is 0 Å². The molecule has 2 rings (SSSR count). The van der Waals surface area contributed by atoms with Gasteiger partial charge >= 0.3 is 0 Å². The third-order valence-corrected chi connectivity index (χ3v) is 4.17. The van der Waals surface area contributed by atoms with E-state index in [0.29, 0.717) is 11.3 Å². The summed E-state index contributed by atoms with van der Waals surface area (Å²) in [5.74, 6) is 0. The third-order valence-electron chi connectivity index (χ3n) is 2.56. The summed E-state index contributed by atoms with van der Waals surface area (Å²) in [6.45, 7) is 1.83. The largest absolute Gasteiger partial charge is 0.389 e. The molecule has 0 atom stereocenters. The number of sulfonamides is 1. The average Bonchev–Trinajstić information content (AvgIpc) is 2.38. The van der Waals surface area contributed by atoms with E-state index in [-0.39, 0.29) is 9.88 Å². The average molecular weight is 307 g/mol. The van der Waals surface area contributed by atoms with Crippen LogP contribution in [0.15, 0.2) is 47.6 Å².